The second-order valence-electron chi connectivity index (χ2n) is 4.95. The van der Waals surface area contributed by atoms with Crippen molar-refractivity contribution in [3.8, 4) is 0 Å². The first-order chi connectivity index (χ1) is 8.03. The van der Waals surface area contributed by atoms with Crippen molar-refractivity contribution in [3.05, 3.63) is 12.4 Å². The number of carbonyl (C=O) groups is 1. The van der Waals surface area contributed by atoms with Gasteiger partial charge in [-0.15, -0.1) is 24.8 Å². The molecule has 2 rings (SSSR count). The number of hydrogen-bond donors (Lipinski definition) is 1. The Morgan fingerprint density at radius 3 is 2.42 bits per heavy atom. The molecule has 1 aromatic heterocycles. The molecule has 0 unspecified atom stereocenters. The molecule has 1 heterocycles. The van der Waals surface area contributed by atoms with Crippen molar-refractivity contribution < 1.29 is 4.79 Å². The lowest BCUT2D eigenvalue weighted by atomic mass is 9.81. The Hall–Kier alpha value is -0.780. The van der Waals surface area contributed by atoms with Crippen LogP contribution < -0.4 is 10.6 Å². The molecule has 19 heavy (non-hydrogen) atoms. The maximum Gasteiger partial charge on any atom is 0.246 e. The Morgan fingerprint density at radius 1 is 1.37 bits per heavy atom. The molecule has 5 nitrogen and oxygen atoms in total. The van der Waals surface area contributed by atoms with Crippen LogP contribution in [0.2, 0.25) is 0 Å². The van der Waals surface area contributed by atoms with Crippen molar-refractivity contribution in [1.82, 2.24) is 9.78 Å². The first-order valence-corrected chi connectivity index (χ1v) is 6.09. The smallest absolute Gasteiger partial charge is 0.246 e. The molecule has 0 bridgehead atoms. The van der Waals surface area contributed by atoms with E-state index in [4.69, 9.17) is 5.73 Å². The van der Waals surface area contributed by atoms with Gasteiger partial charge in [-0.05, 0) is 12.8 Å². The van der Waals surface area contributed by atoms with E-state index in [0.717, 1.165) is 31.4 Å². The quantitative estimate of drug-likeness (QED) is 0.907. The summed E-state index contributed by atoms with van der Waals surface area (Å²) in [5.41, 5.74) is 6.35. The number of likely N-dealkylation sites (N-methyl/N-ethyl adjacent to an activating group) is 1. The highest BCUT2D eigenvalue weighted by atomic mass is 35.5. The lowest BCUT2D eigenvalue weighted by molar-refractivity contribution is -0.124. The minimum atomic E-state index is -0.678. The number of nitrogens with two attached hydrogens (primary N) is 1. The zero-order chi connectivity index (χ0) is 12.5. The number of rotatable bonds is 2. The highest BCUT2D eigenvalue weighted by molar-refractivity contribution is 5.99. The third-order valence-corrected chi connectivity index (χ3v) is 3.55. The molecular weight excluding hydrogens is 287 g/mol. The maximum absolute atomic E-state index is 12.4. The molecule has 1 aliphatic rings. The Kier molecular flexibility index (Phi) is 6.83. The molecule has 7 heteroatoms. The van der Waals surface area contributed by atoms with Crippen LogP contribution in [0.3, 0.4) is 0 Å². The lowest BCUT2D eigenvalue weighted by Gasteiger charge is -2.34. The summed E-state index contributed by atoms with van der Waals surface area (Å²) in [7, 11) is 3.60. The number of carbonyl (C=O) groups excluding carboxylic acids is 1. The molecule has 0 saturated heterocycles. The van der Waals surface area contributed by atoms with Gasteiger partial charge in [0, 0.05) is 20.3 Å². The molecule has 1 aromatic rings. The van der Waals surface area contributed by atoms with E-state index in [-0.39, 0.29) is 30.7 Å². The van der Waals surface area contributed by atoms with E-state index in [1.807, 2.05) is 13.2 Å². The van der Waals surface area contributed by atoms with Crippen LogP contribution in [0.15, 0.2) is 12.4 Å². The van der Waals surface area contributed by atoms with Gasteiger partial charge in [-0.3, -0.25) is 9.48 Å². The SMILES string of the molecule is CN(C(=O)C1(N)CCCCC1)c1cnn(C)c1.Cl.Cl. The summed E-state index contributed by atoms with van der Waals surface area (Å²) in [6.45, 7) is 0. The Bertz CT molecular complexity index is 416. The minimum absolute atomic E-state index is 0. The number of nitrogens with zero attached hydrogens (tertiary/aromatic N) is 3. The Balaban J connectivity index is 0.00000162. The Morgan fingerprint density at radius 2 is 1.95 bits per heavy atom. The van der Waals surface area contributed by atoms with Crippen molar-refractivity contribution in [2.75, 3.05) is 11.9 Å². The van der Waals surface area contributed by atoms with E-state index in [1.165, 1.54) is 6.42 Å². The first-order valence-electron chi connectivity index (χ1n) is 6.09. The topological polar surface area (TPSA) is 64.2 Å². The van der Waals surface area contributed by atoms with E-state index < -0.39 is 5.54 Å². The summed E-state index contributed by atoms with van der Waals surface area (Å²) in [5.74, 6) is 0.00481. The zero-order valence-corrected chi connectivity index (χ0v) is 13.0. The van der Waals surface area contributed by atoms with Crippen LogP contribution in [0.1, 0.15) is 32.1 Å². The van der Waals surface area contributed by atoms with Crippen molar-refractivity contribution in [3.63, 3.8) is 0 Å². The molecule has 0 radical (unpaired) electrons. The van der Waals surface area contributed by atoms with Gasteiger partial charge in [0.25, 0.3) is 0 Å². The number of aryl methyl sites for hydroxylation is 1. The summed E-state index contributed by atoms with van der Waals surface area (Å²) in [4.78, 5) is 14.0. The minimum Gasteiger partial charge on any atom is -0.317 e. The Labute approximate surface area is 126 Å². The molecule has 0 atom stereocenters. The second kappa shape index (κ2) is 7.12. The average molecular weight is 309 g/mol. The lowest BCUT2D eigenvalue weighted by Crippen LogP contribution is -2.55. The molecule has 0 aromatic carbocycles. The number of anilines is 1. The van der Waals surface area contributed by atoms with Gasteiger partial charge in [0.2, 0.25) is 5.91 Å². The van der Waals surface area contributed by atoms with Crippen LogP contribution in [-0.4, -0.2) is 28.3 Å². The van der Waals surface area contributed by atoms with E-state index in [0.29, 0.717) is 0 Å². The van der Waals surface area contributed by atoms with Crippen LogP contribution in [0.5, 0.6) is 0 Å². The number of hydrogen-bond acceptors (Lipinski definition) is 3. The molecule has 1 saturated carbocycles. The highest BCUT2D eigenvalue weighted by Gasteiger charge is 2.37. The summed E-state index contributed by atoms with van der Waals surface area (Å²) in [6, 6.07) is 0. The monoisotopic (exact) mass is 308 g/mol. The standard InChI is InChI=1S/C12H20N4O.2ClH/c1-15-9-10(8-14-15)16(2)11(17)12(13)6-4-3-5-7-12;;/h8-9H,3-7,13H2,1-2H3;2*1H. The predicted octanol–water partition coefficient (Wildman–Crippen LogP) is 1.89. The van der Waals surface area contributed by atoms with Crippen molar-refractivity contribution >= 4 is 36.4 Å². The third kappa shape index (κ3) is 3.84. The molecular formula is C12H22Cl2N4O. The molecule has 1 aliphatic carbocycles. The zero-order valence-electron chi connectivity index (χ0n) is 11.3. The fraction of sp³-hybridized carbons (Fsp3) is 0.667. The van der Waals surface area contributed by atoms with Crippen molar-refractivity contribution in [1.29, 1.82) is 0 Å². The van der Waals surface area contributed by atoms with Crippen LogP contribution in [0, 0.1) is 0 Å². The summed E-state index contributed by atoms with van der Waals surface area (Å²) >= 11 is 0. The van der Waals surface area contributed by atoms with Crippen LogP contribution in [0.4, 0.5) is 5.69 Å². The predicted molar refractivity (Wildman–Crippen MR) is 81.1 cm³/mol. The second-order valence-corrected chi connectivity index (χ2v) is 4.95. The normalized spacial score (nSPS) is 17.0. The number of amides is 1. The summed E-state index contributed by atoms with van der Waals surface area (Å²) < 4.78 is 1.68. The van der Waals surface area contributed by atoms with Crippen LogP contribution in [0.25, 0.3) is 0 Å². The fourth-order valence-electron chi connectivity index (χ4n) is 2.43. The van der Waals surface area contributed by atoms with Gasteiger partial charge >= 0.3 is 0 Å². The maximum atomic E-state index is 12.4. The van der Waals surface area contributed by atoms with Gasteiger partial charge in [-0.25, -0.2) is 0 Å². The van der Waals surface area contributed by atoms with Crippen LogP contribution in [-0.2, 0) is 11.8 Å². The molecule has 0 spiro atoms. The van der Waals surface area contributed by atoms with E-state index in [2.05, 4.69) is 5.10 Å². The fourth-order valence-corrected chi connectivity index (χ4v) is 2.43. The molecule has 2 N–H and O–H groups in total. The summed E-state index contributed by atoms with van der Waals surface area (Å²) in [6.07, 6.45) is 8.36. The molecule has 1 amide bonds. The number of aromatic nitrogens is 2. The highest BCUT2D eigenvalue weighted by Crippen LogP contribution is 2.28. The third-order valence-electron chi connectivity index (χ3n) is 3.55. The van der Waals surface area contributed by atoms with Crippen molar-refractivity contribution in [2.24, 2.45) is 12.8 Å². The van der Waals surface area contributed by atoms with Gasteiger partial charge < -0.3 is 10.6 Å². The van der Waals surface area contributed by atoms with E-state index >= 15 is 0 Å². The van der Waals surface area contributed by atoms with Gasteiger partial charge in [-0.1, -0.05) is 19.3 Å². The van der Waals surface area contributed by atoms with Gasteiger partial charge in [0.1, 0.15) is 0 Å². The van der Waals surface area contributed by atoms with Gasteiger partial charge in [0.15, 0.2) is 0 Å². The van der Waals surface area contributed by atoms with E-state index in [1.54, 1.807) is 22.8 Å². The molecule has 110 valence electrons. The average Bonchev–Trinajstić information content (AvgIpc) is 2.75. The van der Waals surface area contributed by atoms with E-state index in [9.17, 15) is 4.79 Å². The van der Waals surface area contributed by atoms with Crippen molar-refractivity contribution in [2.45, 2.75) is 37.6 Å². The number of halogens is 2. The van der Waals surface area contributed by atoms with Gasteiger partial charge in [-0.2, -0.15) is 5.10 Å². The summed E-state index contributed by atoms with van der Waals surface area (Å²) in [5, 5.41) is 4.07. The van der Waals surface area contributed by atoms with Gasteiger partial charge in [0.05, 0.1) is 17.4 Å². The first kappa shape index (κ1) is 18.2. The van der Waals surface area contributed by atoms with Crippen LogP contribution >= 0.6 is 24.8 Å². The molecule has 0 aliphatic heterocycles. The largest absolute Gasteiger partial charge is 0.317 e. The molecule has 1 fully saturated rings.